The van der Waals surface area contributed by atoms with Crippen LogP contribution in [0.5, 0.6) is 0 Å². The molecule has 0 aliphatic carbocycles. The highest BCUT2D eigenvalue weighted by Crippen LogP contribution is 2.09. The zero-order chi connectivity index (χ0) is 13.7. The van der Waals surface area contributed by atoms with Crippen LogP contribution in [0.4, 0.5) is 0 Å². The first-order valence-electron chi connectivity index (χ1n) is 5.48. The van der Waals surface area contributed by atoms with Gasteiger partial charge in [-0.1, -0.05) is 0 Å². The summed E-state index contributed by atoms with van der Waals surface area (Å²) in [4.78, 5) is 13.5. The number of amides is 1. The van der Waals surface area contributed by atoms with Crippen LogP contribution < -0.4 is 0 Å². The quantitative estimate of drug-likeness (QED) is 0.797. The van der Waals surface area contributed by atoms with Crippen molar-refractivity contribution in [3.05, 3.63) is 23.5 Å². The normalized spacial score (nSPS) is 11.9. The number of aliphatic hydroxyl groups is 1. The molecule has 0 radical (unpaired) electrons. The minimum absolute atomic E-state index is 0.175. The number of likely N-dealkylation sites (N-methyl/N-ethyl adjacent to an activating group) is 1. The lowest BCUT2D eigenvalue weighted by Crippen LogP contribution is -2.36. The lowest BCUT2D eigenvalue weighted by atomic mass is 10.3. The Bertz CT molecular complexity index is 462. The largest absolute Gasteiger partial charge is 0.389 e. The van der Waals surface area contributed by atoms with Crippen LogP contribution in [0.3, 0.4) is 0 Å². The summed E-state index contributed by atoms with van der Waals surface area (Å²) in [6.45, 7) is 0.355. The molecule has 6 heteroatoms. The Hall–Kier alpha value is -1.84. The van der Waals surface area contributed by atoms with Crippen molar-refractivity contribution in [1.29, 1.82) is 5.26 Å². The molecular formula is C12H17N3O3. The monoisotopic (exact) mass is 251 g/mol. The smallest absolute Gasteiger partial charge is 0.270 e. The number of carbonyl (C=O) groups is 1. The predicted octanol–water partition coefficient (Wildman–Crippen LogP) is -0.0239. The molecule has 0 saturated heterocycles. The van der Waals surface area contributed by atoms with Crippen LogP contribution >= 0.6 is 0 Å². The number of ether oxygens (including phenoxy) is 1. The van der Waals surface area contributed by atoms with Crippen LogP contribution in [0.15, 0.2) is 12.3 Å². The first kappa shape index (κ1) is 14.2. The maximum atomic E-state index is 12.1. The molecule has 1 unspecified atom stereocenters. The maximum Gasteiger partial charge on any atom is 0.270 e. The summed E-state index contributed by atoms with van der Waals surface area (Å²) in [5.74, 6) is -0.242. The van der Waals surface area contributed by atoms with E-state index in [2.05, 4.69) is 0 Å². The van der Waals surface area contributed by atoms with Gasteiger partial charge in [-0.25, -0.2) is 0 Å². The van der Waals surface area contributed by atoms with Gasteiger partial charge in [-0.2, -0.15) is 5.26 Å². The summed E-state index contributed by atoms with van der Waals surface area (Å²) in [5, 5.41) is 18.3. The fourth-order valence-electron chi connectivity index (χ4n) is 1.68. The third-order valence-electron chi connectivity index (χ3n) is 2.54. The zero-order valence-electron chi connectivity index (χ0n) is 10.8. The predicted molar refractivity (Wildman–Crippen MR) is 65.0 cm³/mol. The molecule has 0 aliphatic rings. The summed E-state index contributed by atoms with van der Waals surface area (Å²) >= 11 is 0. The van der Waals surface area contributed by atoms with E-state index in [-0.39, 0.29) is 19.1 Å². The van der Waals surface area contributed by atoms with Gasteiger partial charge in [0.25, 0.3) is 5.91 Å². The van der Waals surface area contributed by atoms with Crippen LogP contribution in [0, 0.1) is 11.3 Å². The SMILES string of the molecule is COCC(O)CN(C)C(=O)c1cc(C#N)cn1C. The van der Waals surface area contributed by atoms with Crippen LogP contribution in [-0.4, -0.2) is 53.9 Å². The van der Waals surface area contributed by atoms with Gasteiger partial charge in [0.15, 0.2) is 0 Å². The van der Waals surface area contributed by atoms with Crippen LogP contribution in [-0.2, 0) is 11.8 Å². The van der Waals surface area contributed by atoms with Crippen molar-refractivity contribution in [2.75, 3.05) is 27.3 Å². The lowest BCUT2D eigenvalue weighted by Gasteiger charge is -2.20. The average molecular weight is 251 g/mol. The van der Waals surface area contributed by atoms with Gasteiger partial charge in [0.1, 0.15) is 11.8 Å². The molecule has 1 heterocycles. The molecule has 1 aromatic rings. The third kappa shape index (κ3) is 3.32. The van der Waals surface area contributed by atoms with E-state index in [1.54, 1.807) is 24.9 Å². The van der Waals surface area contributed by atoms with Crippen molar-refractivity contribution in [3.8, 4) is 6.07 Å². The second kappa shape index (κ2) is 6.19. The molecule has 1 aromatic heterocycles. The zero-order valence-corrected chi connectivity index (χ0v) is 10.8. The Morgan fingerprint density at radius 1 is 1.72 bits per heavy atom. The van der Waals surface area contributed by atoms with Crippen LogP contribution in [0.25, 0.3) is 0 Å². The highest BCUT2D eigenvalue weighted by Gasteiger charge is 2.18. The highest BCUT2D eigenvalue weighted by molar-refractivity contribution is 5.93. The number of hydrogen-bond acceptors (Lipinski definition) is 4. The number of methoxy groups -OCH3 is 1. The lowest BCUT2D eigenvalue weighted by molar-refractivity contribution is 0.0376. The van der Waals surface area contributed by atoms with Gasteiger partial charge in [0.2, 0.25) is 0 Å². The Morgan fingerprint density at radius 3 is 2.89 bits per heavy atom. The maximum absolute atomic E-state index is 12.1. The Kier molecular flexibility index (Phi) is 4.89. The summed E-state index contributed by atoms with van der Waals surface area (Å²) in [6, 6.07) is 3.51. The van der Waals surface area contributed by atoms with E-state index in [1.165, 1.54) is 18.1 Å². The summed E-state index contributed by atoms with van der Waals surface area (Å²) in [5.41, 5.74) is 0.852. The molecule has 0 aliphatic heterocycles. The molecule has 0 bridgehead atoms. The number of aromatic nitrogens is 1. The first-order chi connectivity index (χ1) is 8.49. The van der Waals surface area contributed by atoms with Gasteiger partial charge >= 0.3 is 0 Å². The molecule has 1 N–H and O–H groups in total. The second-order valence-corrected chi connectivity index (χ2v) is 4.13. The van der Waals surface area contributed by atoms with Crippen molar-refractivity contribution in [1.82, 2.24) is 9.47 Å². The molecule has 0 saturated carbocycles. The van der Waals surface area contributed by atoms with Crippen molar-refractivity contribution in [3.63, 3.8) is 0 Å². The molecule has 0 spiro atoms. The number of carbonyl (C=O) groups excluding carboxylic acids is 1. The molecule has 98 valence electrons. The van der Waals surface area contributed by atoms with E-state index in [1.807, 2.05) is 6.07 Å². The van der Waals surface area contributed by atoms with E-state index in [4.69, 9.17) is 10.00 Å². The molecule has 18 heavy (non-hydrogen) atoms. The van der Waals surface area contributed by atoms with Gasteiger partial charge in [0, 0.05) is 33.9 Å². The molecule has 1 atom stereocenters. The molecule has 1 rings (SSSR count). The van der Waals surface area contributed by atoms with Gasteiger partial charge in [-0.15, -0.1) is 0 Å². The standard InChI is InChI=1S/C12H17N3O3/c1-14-6-9(5-13)4-11(14)12(17)15(2)7-10(16)8-18-3/h4,6,10,16H,7-8H2,1-3H3. The Labute approximate surface area is 106 Å². The highest BCUT2D eigenvalue weighted by atomic mass is 16.5. The number of rotatable bonds is 5. The number of aliphatic hydroxyl groups excluding tert-OH is 1. The van der Waals surface area contributed by atoms with Gasteiger partial charge < -0.3 is 19.3 Å². The minimum Gasteiger partial charge on any atom is -0.389 e. The molecule has 1 amide bonds. The van der Waals surface area contributed by atoms with E-state index in [9.17, 15) is 9.90 Å². The van der Waals surface area contributed by atoms with Crippen LogP contribution in [0.2, 0.25) is 0 Å². The molecule has 0 fully saturated rings. The second-order valence-electron chi connectivity index (χ2n) is 4.13. The topological polar surface area (TPSA) is 78.5 Å². The molecule has 6 nitrogen and oxygen atoms in total. The fourth-order valence-corrected chi connectivity index (χ4v) is 1.68. The van der Waals surface area contributed by atoms with E-state index in [0.717, 1.165) is 0 Å². The number of nitriles is 1. The first-order valence-corrected chi connectivity index (χ1v) is 5.48. The molecular weight excluding hydrogens is 234 g/mol. The van der Waals surface area contributed by atoms with Crippen molar-refractivity contribution < 1.29 is 14.6 Å². The Balaban J connectivity index is 2.74. The van der Waals surface area contributed by atoms with Gasteiger partial charge in [0.05, 0.1) is 18.3 Å². The summed E-state index contributed by atoms with van der Waals surface area (Å²) in [6.07, 6.45) is 0.867. The van der Waals surface area contributed by atoms with E-state index >= 15 is 0 Å². The number of nitrogens with zero attached hydrogens (tertiary/aromatic N) is 3. The summed E-state index contributed by atoms with van der Waals surface area (Å²) < 4.78 is 6.40. The van der Waals surface area contributed by atoms with Gasteiger partial charge in [-0.05, 0) is 6.07 Å². The number of hydrogen-bond donors (Lipinski definition) is 1. The molecule has 0 aromatic carbocycles. The summed E-state index contributed by atoms with van der Waals surface area (Å²) in [7, 11) is 4.79. The Morgan fingerprint density at radius 2 is 2.39 bits per heavy atom. The minimum atomic E-state index is -0.723. The van der Waals surface area contributed by atoms with Gasteiger partial charge in [-0.3, -0.25) is 4.79 Å². The van der Waals surface area contributed by atoms with E-state index < -0.39 is 6.10 Å². The van der Waals surface area contributed by atoms with E-state index in [0.29, 0.717) is 11.3 Å². The third-order valence-corrected chi connectivity index (χ3v) is 2.54. The van der Waals surface area contributed by atoms with Crippen LogP contribution in [0.1, 0.15) is 16.1 Å². The fraction of sp³-hybridized carbons (Fsp3) is 0.500. The average Bonchev–Trinajstić information content (AvgIpc) is 2.69. The van der Waals surface area contributed by atoms with Crippen molar-refractivity contribution in [2.45, 2.75) is 6.10 Å². The van der Waals surface area contributed by atoms with Crippen molar-refractivity contribution in [2.24, 2.45) is 7.05 Å². The van der Waals surface area contributed by atoms with Crippen molar-refractivity contribution >= 4 is 5.91 Å². The number of aryl methyl sites for hydroxylation is 1.